The maximum absolute atomic E-state index is 8.54. The molecule has 0 aromatic carbocycles. The van der Waals surface area contributed by atoms with Crippen LogP contribution in [0, 0.1) is 6.92 Å². The standard InChI is InChI=1S/C8H15N3O/c1-7-8(5-9-3-4-12)6-11(2)10-7/h6,9,12H,3-5H2,1-2H3. The van der Waals surface area contributed by atoms with Crippen molar-refractivity contribution in [2.24, 2.45) is 7.05 Å². The summed E-state index contributed by atoms with van der Waals surface area (Å²) in [6, 6.07) is 0. The summed E-state index contributed by atoms with van der Waals surface area (Å²) in [7, 11) is 1.91. The fraction of sp³-hybridized carbons (Fsp3) is 0.625. The van der Waals surface area contributed by atoms with Gasteiger partial charge in [-0.15, -0.1) is 0 Å². The van der Waals surface area contributed by atoms with Gasteiger partial charge >= 0.3 is 0 Å². The summed E-state index contributed by atoms with van der Waals surface area (Å²) in [5.41, 5.74) is 2.23. The number of rotatable bonds is 4. The molecule has 0 unspecified atom stereocenters. The van der Waals surface area contributed by atoms with Gasteiger partial charge in [0.25, 0.3) is 0 Å². The zero-order valence-electron chi connectivity index (χ0n) is 7.54. The van der Waals surface area contributed by atoms with E-state index >= 15 is 0 Å². The Labute approximate surface area is 72.2 Å². The molecule has 4 nitrogen and oxygen atoms in total. The highest BCUT2D eigenvalue weighted by molar-refractivity contribution is 5.14. The fourth-order valence-corrected chi connectivity index (χ4v) is 1.12. The predicted molar refractivity (Wildman–Crippen MR) is 46.7 cm³/mol. The fourth-order valence-electron chi connectivity index (χ4n) is 1.12. The summed E-state index contributed by atoms with van der Waals surface area (Å²) in [5, 5.41) is 15.8. The Hall–Kier alpha value is -0.870. The lowest BCUT2D eigenvalue weighted by molar-refractivity contribution is 0.292. The zero-order valence-corrected chi connectivity index (χ0v) is 7.54. The van der Waals surface area contributed by atoms with Crippen LogP contribution in [0.3, 0.4) is 0 Å². The molecular weight excluding hydrogens is 154 g/mol. The summed E-state index contributed by atoms with van der Waals surface area (Å²) < 4.78 is 1.80. The van der Waals surface area contributed by atoms with Gasteiger partial charge < -0.3 is 10.4 Å². The minimum absolute atomic E-state index is 0.180. The van der Waals surface area contributed by atoms with Crippen molar-refractivity contribution in [3.63, 3.8) is 0 Å². The van der Waals surface area contributed by atoms with Gasteiger partial charge in [-0.3, -0.25) is 4.68 Å². The lowest BCUT2D eigenvalue weighted by atomic mass is 10.2. The van der Waals surface area contributed by atoms with E-state index in [-0.39, 0.29) is 6.61 Å². The first-order chi connectivity index (χ1) is 5.74. The van der Waals surface area contributed by atoms with Gasteiger partial charge in [-0.05, 0) is 6.92 Å². The molecule has 1 aromatic rings. The summed E-state index contributed by atoms with van der Waals surface area (Å²) in [6.45, 7) is 3.57. The molecule has 1 rings (SSSR count). The largest absolute Gasteiger partial charge is 0.395 e. The van der Waals surface area contributed by atoms with Gasteiger partial charge in [0.2, 0.25) is 0 Å². The number of hydrogen-bond acceptors (Lipinski definition) is 3. The van der Waals surface area contributed by atoms with Crippen molar-refractivity contribution in [3.8, 4) is 0 Å². The van der Waals surface area contributed by atoms with Crippen LogP contribution in [-0.2, 0) is 13.6 Å². The summed E-state index contributed by atoms with van der Waals surface area (Å²) in [6.07, 6.45) is 1.99. The van der Waals surface area contributed by atoms with Crippen LogP contribution in [-0.4, -0.2) is 28.0 Å². The molecule has 0 spiro atoms. The van der Waals surface area contributed by atoms with E-state index in [1.165, 1.54) is 5.56 Å². The molecule has 0 aliphatic rings. The Balaban J connectivity index is 2.45. The number of nitrogens with zero attached hydrogens (tertiary/aromatic N) is 2. The lowest BCUT2D eigenvalue weighted by Crippen LogP contribution is -2.17. The van der Waals surface area contributed by atoms with Crippen LogP contribution in [0.1, 0.15) is 11.3 Å². The van der Waals surface area contributed by atoms with Crippen molar-refractivity contribution in [2.75, 3.05) is 13.2 Å². The van der Waals surface area contributed by atoms with Gasteiger partial charge in [0, 0.05) is 31.9 Å². The monoisotopic (exact) mass is 169 g/mol. The van der Waals surface area contributed by atoms with E-state index in [9.17, 15) is 0 Å². The van der Waals surface area contributed by atoms with E-state index in [4.69, 9.17) is 5.11 Å². The minimum Gasteiger partial charge on any atom is -0.395 e. The Morgan fingerprint density at radius 1 is 1.67 bits per heavy atom. The van der Waals surface area contributed by atoms with Gasteiger partial charge in [-0.25, -0.2) is 0 Å². The lowest BCUT2D eigenvalue weighted by Gasteiger charge is -1.99. The molecule has 0 fully saturated rings. The molecule has 0 bridgehead atoms. The van der Waals surface area contributed by atoms with Crippen LogP contribution in [0.5, 0.6) is 0 Å². The van der Waals surface area contributed by atoms with Crippen LogP contribution in [0.2, 0.25) is 0 Å². The molecule has 4 heteroatoms. The molecular formula is C8H15N3O. The first-order valence-corrected chi connectivity index (χ1v) is 4.04. The van der Waals surface area contributed by atoms with E-state index < -0.39 is 0 Å². The second kappa shape index (κ2) is 4.23. The molecule has 1 aromatic heterocycles. The number of aliphatic hydroxyl groups is 1. The van der Waals surface area contributed by atoms with Crippen molar-refractivity contribution in [3.05, 3.63) is 17.5 Å². The highest BCUT2D eigenvalue weighted by Gasteiger charge is 2.00. The first kappa shape index (κ1) is 9.22. The molecule has 0 amide bonds. The molecule has 0 radical (unpaired) electrons. The van der Waals surface area contributed by atoms with E-state index in [1.807, 2.05) is 20.2 Å². The number of aromatic nitrogens is 2. The Morgan fingerprint density at radius 2 is 2.42 bits per heavy atom. The van der Waals surface area contributed by atoms with Crippen LogP contribution in [0.4, 0.5) is 0 Å². The summed E-state index contributed by atoms with van der Waals surface area (Å²) in [5.74, 6) is 0. The topological polar surface area (TPSA) is 50.1 Å². The molecule has 0 saturated heterocycles. The van der Waals surface area contributed by atoms with Crippen molar-refractivity contribution < 1.29 is 5.11 Å². The molecule has 68 valence electrons. The van der Waals surface area contributed by atoms with Gasteiger partial charge in [-0.2, -0.15) is 5.10 Å². The number of aryl methyl sites for hydroxylation is 2. The van der Waals surface area contributed by atoms with Crippen LogP contribution < -0.4 is 5.32 Å². The smallest absolute Gasteiger partial charge is 0.0638 e. The highest BCUT2D eigenvalue weighted by atomic mass is 16.3. The van der Waals surface area contributed by atoms with Crippen molar-refractivity contribution in [1.29, 1.82) is 0 Å². The highest BCUT2D eigenvalue weighted by Crippen LogP contribution is 2.02. The second-order valence-electron chi connectivity index (χ2n) is 2.81. The third-order valence-corrected chi connectivity index (χ3v) is 1.72. The van der Waals surface area contributed by atoms with Gasteiger partial charge in [0.15, 0.2) is 0 Å². The van der Waals surface area contributed by atoms with Crippen molar-refractivity contribution >= 4 is 0 Å². The first-order valence-electron chi connectivity index (χ1n) is 4.04. The van der Waals surface area contributed by atoms with E-state index in [2.05, 4.69) is 10.4 Å². The van der Waals surface area contributed by atoms with Crippen LogP contribution in [0.25, 0.3) is 0 Å². The number of aliphatic hydroxyl groups excluding tert-OH is 1. The van der Waals surface area contributed by atoms with Gasteiger partial charge in [0.05, 0.1) is 12.3 Å². The van der Waals surface area contributed by atoms with E-state index in [0.717, 1.165) is 12.2 Å². The Bertz CT molecular complexity index is 244. The quantitative estimate of drug-likeness (QED) is 0.614. The van der Waals surface area contributed by atoms with Crippen LogP contribution >= 0.6 is 0 Å². The second-order valence-corrected chi connectivity index (χ2v) is 2.81. The van der Waals surface area contributed by atoms with Crippen molar-refractivity contribution in [2.45, 2.75) is 13.5 Å². The molecule has 1 heterocycles. The van der Waals surface area contributed by atoms with Gasteiger partial charge in [-0.1, -0.05) is 0 Å². The molecule has 2 N–H and O–H groups in total. The predicted octanol–water partition coefficient (Wildman–Crippen LogP) is -0.190. The molecule has 0 atom stereocenters. The average molecular weight is 169 g/mol. The number of hydrogen-bond donors (Lipinski definition) is 2. The molecule has 0 aliphatic carbocycles. The summed E-state index contributed by atoms with van der Waals surface area (Å²) >= 11 is 0. The molecule has 0 aliphatic heterocycles. The van der Waals surface area contributed by atoms with E-state index in [1.54, 1.807) is 4.68 Å². The van der Waals surface area contributed by atoms with Crippen LogP contribution in [0.15, 0.2) is 6.20 Å². The normalized spacial score (nSPS) is 10.6. The third kappa shape index (κ3) is 2.32. The SMILES string of the molecule is Cc1nn(C)cc1CNCCO. The average Bonchev–Trinajstić information content (AvgIpc) is 2.31. The number of nitrogens with one attached hydrogen (secondary N) is 1. The molecule has 12 heavy (non-hydrogen) atoms. The van der Waals surface area contributed by atoms with E-state index in [0.29, 0.717) is 6.54 Å². The van der Waals surface area contributed by atoms with Gasteiger partial charge in [0.1, 0.15) is 0 Å². The zero-order chi connectivity index (χ0) is 8.97. The third-order valence-electron chi connectivity index (χ3n) is 1.72. The minimum atomic E-state index is 0.180. The maximum atomic E-state index is 8.54. The Kier molecular flexibility index (Phi) is 3.25. The Morgan fingerprint density at radius 3 is 2.92 bits per heavy atom. The molecule has 0 saturated carbocycles. The van der Waals surface area contributed by atoms with Crippen molar-refractivity contribution in [1.82, 2.24) is 15.1 Å². The maximum Gasteiger partial charge on any atom is 0.0638 e. The summed E-state index contributed by atoms with van der Waals surface area (Å²) in [4.78, 5) is 0.